The Bertz CT molecular complexity index is 494. The lowest BCUT2D eigenvalue weighted by Crippen LogP contribution is -2.34. The molecule has 0 fully saturated rings. The maximum absolute atomic E-state index is 13.5. The van der Waals surface area contributed by atoms with E-state index >= 15 is 0 Å². The van der Waals surface area contributed by atoms with Crippen LogP contribution in [-0.2, 0) is 0 Å². The van der Waals surface area contributed by atoms with E-state index in [4.69, 9.17) is 11.6 Å². The van der Waals surface area contributed by atoms with Crippen molar-refractivity contribution in [2.24, 2.45) is 0 Å². The molecule has 1 aromatic carbocycles. The second-order valence-electron chi connectivity index (χ2n) is 3.87. The third-order valence-electron chi connectivity index (χ3n) is 2.65. The smallest absolute Gasteiger partial charge is 0.260 e. The molecule has 0 atom stereocenters. The molecule has 0 unspecified atom stereocenters. The Morgan fingerprint density at radius 2 is 1.45 bits per heavy atom. The molecule has 0 aliphatic carbocycles. The van der Waals surface area contributed by atoms with Crippen LogP contribution in [0.5, 0.6) is 0 Å². The van der Waals surface area contributed by atoms with Crippen molar-refractivity contribution in [3.05, 3.63) is 34.6 Å². The molecule has 2 nitrogen and oxygen atoms in total. The first-order valence-electron chi connectivity index (χ1n) is 5.73. The third-order valence-corrected chi connectivity index (χ3v) is 2.92. The van der Waals surface area contributed by atoms with E-state index in [1.54, 1.807) is 0 Å². The lowest BCUT2D eigenvalue weighted by molar-refractivity contribution is 0.0751. The van der Waals surface area contributed by atoms with Gasteiger partial charge in [-0.05, 0) is 13.3 Å². The van der Waals surface area contributed by atoms with Gasteiger partial charge in [-0.3, -0.25) is 4.79 Å². The number of halogens is 6. The molecule has 0 heterocycles. The summed E-state index contributed by atoms with van der Waals surface area (Å²) in [6.45, 7) is 1.62. The molecular formula is C12H11ClF5NO. The molecule has 0 spiro atoms. The summed E-state index contributed by atoms with van der Waals surface area (Å²) in [7, 11) is 0. The van der Waals surface area contributed by atoms with Crippen LogP contribution < -0.4 is 0 Å². The Kier molecular flexibility index (Phi) is 5.74. The molecule has 0 aliphatic heterocycles. The van der Waals surface area contributed by atoms with Crippen LogP contribution in [-0.4, -0.2) is 29.8 Å². The molecule has 0 N–H and O–H groups in total. The summed E-state index contributed by atoms with van der Waals surface area (Å²) in [6, 6.07) is 0. The van der Waals surface area contributed by atoms with Gasteiger partial charge in [0, 0.05) is 19.0 Å². The largest absolute Gasteiger partial charge is 0.339 e. The van der Waals surface area contributed by atoms with Crippen molar-refractivity contribution in [1.82, 2.24) is 4.90 Å². The molecule has 0 saturated heterocycles. The first-order valence-corrected chi connectivity index (χ1v) is 6.26. The Morgan fingerprint density at radius 1 is 1.00 bits per heavy atom. The average Bonchev–Trinajstić information content (AvgIpc) is 2.44. The van der Waals surface area contributed by atoms with Gasteiger partial charge in [-0.25, -0.2) is 22.0 Å². The summed E-state index contributed by atoms with van der Waals surface area (Å²) < 4.78 is 65.9. The number of nitrogens with zero attached hydrogens (tertiary/aromatic N) is 1. The van der Waals surface area contributed by atoms with Gasteiger partial charge in [-0.2, -0.15) is 0 Å². The van der Waals surface area contributed by atoms with Gasteiger partial charge in [0.1, 0.15) is 5.56 Å². The van der Waals surface area contributed by atoms with E-state index in [1.165, 1.54) is 6.92 Å². The van der Waals surface area contributed by atoms with E-state index in [9.17, 15) is 26.7 Å². The minimum atomic E-state index is -2.29. The molecule has 112 valence electrons. The minimum absolute atomic E-state index is 0.0508. The van der Waals surface area contributed by atoms with Crippen molar-refractivity contribution in [3.8, 4) is 0 Å². The van der Waals surface area contributed by atoms with Crippen LogP contribution in [0.4, 0.5) is 22.0 Å². The number of hydrogen-bond acceptors (Lipinski definition) is 1. The number of rotatable bonds is 5. The molecule has 0 radical (unpaired) electrons. The molecule has 20 heavy (non-hydrogen) atoms. The molecule has 1 aromatic rings. The van der Waals surface area contributed by atoms with Gasteiger partial charge in [0.2, 0.25) is 5.82 Å². The first-order chi connectivity index (χ1) is 9.36. The van der Waals surface area contributed by atoms with Crippen LogP contribution in [0.15, 0.2) is 0 Å². The number of benzene rings is 1. The lowest BCUT2D eigenvalue weighted by Gasteiger charge is -2.21. The molecule has 0 aromatic heterocycles. The summed E-state index contributed by atoms with van der Waals surface area (Å²) in [4.78, 5) is 12.8. The summed E-state index contributed by atoms with van der Waals surface area (Å²) in [6.07, 6.45) is 0.330. The average molecular weight is 316 g/mol. The molecule has 0 saturated carbocycles. The molecule has 1 rings (SSSR count). The van der Waals surface area contributed by atoms with Gasteiger partial charge in [0.05, 0.1) is 0 Å². The van der Waals surface area contributed by atoms with Crippen molar-refractivity contribution < 1.29 is 26.7 Å². The molecular weight excluding hydrogens is 305 g/mol. The van der Waals surface area contributed by atoms with Crippen LogP contribution in [0, 0.1) is 29.1 Å². The maximum atomic E-state index is 13.5. The number of carbonyl (C=O) groups excluding carboxylic acids is 1. The zero-order valence-electron chi connectivity index (χ0n) is 10.5. The summed E-state index contributed by atoms with van der Waals surface area (Å²) in [5.74, 6) is -11.9. The van der Waals surface area contributed by atoms with Crippen molar-refractivity contribution in [2.45, 2.75) is 13.3 Å². The van der Waals surface area contributed by atoms with E-state index in [1.807, 2.05) is 0 Å². The quantitative estimate of drug-likeness (QED) is 0.353. The van der Waals surface area contributed by atoms with E-state index in [2.05, 4.69) is 0 Å². The molecule has 0 aliphatic rings. The Labute approximate surface area is 117 Å². The zero-order valence-corrected chi connectivity index (χ0v) is 11.2. The first kappa shape index (κ1) is 16.7. The maximum Gasteiger partial charge on any atom is 0.260 e. The summed E-state index contributed by atoms with van der Waals surface area (Å²) in [5, 5.41) is 0. The molecule has 0 bridgehead atoms. The molecule has 8 heteroatoms. The van der Waals surface area contributed by atoms with Crippen molar-refractivity contribution >= 4 is 17.5 Å². The second-order valence-corrected chi connectivity index (χ2v) is 4.25. The summed E-state index contributed by atoms with van der Waals surface area (Å²) in [5.41, 5.74) is -1.45. The van der Waals surface area contributed by atoms with Gasteiger partial charge >= 0.3 is 0 Å². The van der Waals surface area contributed by atoms with Crippen LogP contribution in [0.2, 0.25) is 0 Å². The fraction of sp³-hybridized carbons (Fsp3) is 0.417. The monoisotopic (exact) mass is 315 g/mol. The highest BCUT2D eigenvalue weighted by Gasteiger charge is 2.31. The van der Waals surface area contributed by atoms with Gasteiger partial charge in [0.25, 0.3) is 5.91 Å². The Hall–Kier alpha value is -1.37. The number of carbonyl (C=O) groups is 1. The van der Waals surface area contributed by atoms with E-state index < -0.39 is 40.6 Å². The van der Waals surface area contributed by atoms with E-state index in [0.717, 1.165) is 4.90 Å². The van der Waals surface area contributed by atoms with Crippen molar-refractivity contribution in [3.63, 3.8) is 0 Å². The fourth-order valence-electron chi connectivity index (χ4n) is 1.60. The van der Waals surface area contributed by atoms with Gasteiger partial charge in [-0.15, -0.1) is 11.6 Å². The van der Waals surface area contributed by atoms with E-state index in [-0.39, 0.29) is 19.0 Å². The topological polar surface area (TPSA) is 20.3 Å². The number of alkyl halides is 1. The van der Waals surface area contributed by atoms with Gasteiger partial charge in [-0.1, -0.05) is 0 Å². The molecule has 1 amide bonds. The van der Waals surface area contributed by atoms with Crippen LogP contribution in [0.1, 0.15) is 23.7 Å². The summed E-state index contributed by atoms with van der Waals surface area (Å²) >= 11 is 5.43. The van der Waals surface area contributed by atoms with Gasteiger partial charge in [0.15, 0.2) is 23.3 Å². The highest BCUT2D eigenvalue weighted by Crippen LogP contribution is 2.24. The van der Waals surface area contributed by atoms with E-state index in [0.29, 0.717) is 6.42 Å². The van der Waals surface area contributed by atoms with Crippen LogP contribution in [0.3, 0.4) is 0 Å². The Morgan fingerprint density at radius 3 is 1.85 bits per heavy atom. The fourth-order valence-corrected chi connectivity index (χ4v) is 1.72. The predicted molar refractivity (Wildman–Crippen MR) is 63.1 cm³/mol. The standard InChI is InChI=1S/C12H11ClF5NO/c1-2-19(5-3-4-13)12(20)6-7(14)9(16)11(18)10(17)8(6)15/h2-5H2,1H3. The van der Waals surface area contributed by atoms with Crippen molar-refractivity contribution in [1.29, 1.82) is 0 Å². The van der Waals surface area contributed by atoms with Crippen molar-refractivity contribution in [2.75, 3.05) is 19.0 Å². The lowest BCUT2D eigenvalue weighted by atomic mass is 10.1. The number of hydrogen-bond donors (Lipinski definition) is 0. The van der Waals surface area contributed by atoms with Crippen LogP contribution in [0.25, 0.3) is 0 Å². The minimum Gasteiger partial charge on any atom is -0.339 e. The number of amides is 1. The second kappa shape index (κ2) is 6.88. The SMILES string of the molecule is CCN(CCCCl)C(=O)c1c(F)c(F)c(F)c(F)c1F. The Balaban J connectivity index is 3.28. The normalized spacial score (nSPS) is 10.8. The predicted octanol–water partition coefficient (Wildman–Crippen LogP) is 3.47. The highest BCUT2D eigenvalue weighted by atomic mass is 35.5. The van der Waals surface area contributed by atoms with Crippen LogP contribution >= 0.6 is 11.6 Å². The van der Waals surface area contributed by atoms with Gasteiger partial charge < -0.3 is 4.90 Å². The zero-order chi connectivity index (χ0) is 15.4. The highest BCUT2D eigenvalue weighted by molar-refractivity contribution is 6.17. The third kappa shape index (κ3) is 3.03.